The van der Waals surface area contributed by atoms with Crippen molar-refractivity contribution in [1.82, 2.24) is 5.32 Å². The number of primary amides is 1. The molecule has 1 aliphatic carbocycles. The van der Waals surface area contributed by atoms with E-state index < -0.39 is 24.4 Å². The molecule has 2 aromatic heterocycles. The van der Waals surface area contributed by atoms with Crippen LogP contribution in [0.5, 0.6) is 0 Å². The summed E-state index contributed by atoms with van der Waals surface area (Å²) in [6, 6.07) is 3.48. The molecule has 176 valence electrons. The first-order chi connectivity index (χ1) is 15.8. The third-order valence-electron chi connectivity index (χ3n) is 5.06. The molecular formula is C22H25N3O6S2. The summed E-state index contributed by atoms with van der Waals surface area (Å²) in [4.78, 5) is 61.3. The molecule has 0 unspecified atom stereocenters. The highest BCUT2D eigenvalue weighted by Crippen LogP contribution is 2.37. The number of rotatable bonds is 11. The Labute approximate surface area is 198 Å². The average Bonchev–Trinajstić information content (AvgIpc) is 3.44. The number of amides is 3. The van der Waals surface area contributed by atoms with Crippen LogP contribution in [-0.2, 0) is 32.0 Å². The zero-order valence-electron chi connectivity index (χ0n) is 17.9. The Bertz CT molecular complexity index is 1040. The molecular weight excluding hydrogens is 466 g/mol. The second kappa shape index (κ2) is 11.7. The number of ketones is 1. The van der Waals surface area contributed by atoms with Gasteiger partial charge in [0, 0.05) is 24.3 Å². The predicted octanol–water partition coefficient (Wildman–Crippen LogP) is 2.44. The maximum atomic E-state index is 12.2. The molecule has 0 radical (unpaired) electrons. The molecule has 1 aliphatic rings. The Kier molecular flexibility index (Phi) is 8.72. The van der Waals surface area contributed by atoms with E-state index in [4.69, 9.17) is 10.5 Å². The second-order valence-corrected chi connectivity index (χ2v) is 9.54. The first kappa shape index (κ1) is 24.6. The molecule has 0 bridgehead atoms. The van der Waals surface area contributed by atoms with Crippen molar-refractivity contribution in [1.29, 1.82) is 0 Å². The number of carbonyl (C=O) groups is 5. The second-order valence-electron chi connectivity index (χ2n) is 7.49. The number of anilines is 1. The third-order valence-corrected chi connectivity index (χ3v) is 7.18. The summed E-state index contributed by atoms with van der Waals surface area (Å²) < 4.78 is 4.94. The zero-order chi connectivity index (χ0) is 23.8. The molecule has 33 heavy (non-hydrogen) atoms. The highest BCUT2D eigenvalue weighted by Gasteiger charge is 2.25. The molecule has 2 heterocycles. The number of fused-ring (bicyclic) bond motifs is 1. The Balaban J connectivity index is 1.36. The van der Waals surface area contributed by atoms with Gasteiger partial charge in [-0.1, -0.05) is 6.07 Å². The lowest BCUT2D eigenvalue weighted by Crippen LogP contribution is -2.28. The molecule has 4 N–H and O–H groups in total. The lowest BCUT2D eigenvalue weighted by molar-refractivity contribution is -0.147. The van der Waals surface area contributed by atoms with Crippen LogP contribution in [0.1, 0.15) is 62.6 Å². The fraction of sp³-hybridized carbons (Fsp3) is 0.409. The number of Topliss-reactive ketones (excluding diaryl/α,β-unsaturated/α-hetero) is 1. The van der Waals surface area contributed by atoms with Gasteiger partial charge in [0.25, 0.3) is 11.8 Å². The van der Waals surface area contributed by atoms with Crippen LogP contribution in [0.25, 0.3) is 0 Å². The summed E-state index contributed by atoms with van der Waals surface area (Å²) in [7, 11) is 0. The number of thiophene rings is 2. The monoisotopic (exact) mass is 491 g/mol. The Morgan fingerprint density at radius 1 is 1.03 bits per heavy atom. The van der Waals surface area contributed by atoms with E-state index in [-0.39, 0.29) is 37.5 Å². The maximum absolute atomic E-state index is 12.2. The fourth-order valence-electron chi connectivity index (χ4n) is 3.48. The van der Waals surface area contributed by atoms with Crippen molar-refractivity contribution >= 4 is 57.1 Å². The average molecular weight is 492 g/mol. The van der Waals surface area contributed by atoms with Crippen LogP contribution >= 0.6 is 22.7 Å². The van der Waals surface area contributed by atoms with Crippen LogP contribution in [-0.4, -0.2) is 42.6 Å². The van der Waals surface area contributed by atoms with Crippen LogP contribution < -0.4 is 16.4 Å². The number of esters is 1. The van der Waals surface area contributed by atoms with E-state index in [1.54, 1.807) is 17.5 Å². The third kappa shape index (κ3) is 6.96. The van der Waals surface area contributed by atoms with Crippen molar-refractivity contribution in [2.45, 2.75) is 44.9 Å². The number of carbonyl (C=O) groups excluding carboxylic acids is 5. The van der Waals surface area contributed by atoms with Gasteiger partial charge >= 0.3 is 5.97 Å². The number of hydrogen-bond donors (Lipinski definition) is 3. The zero-order valence-corrected chi connectivity index (χ0v) is 19.6. The van der Waals surface area contributed by atoms with Gasteiger partial charge in [0.05, 0.1) is 16.9 Å². The van der Waals surface area contributed by atoms with Gasteiger partial charge in [0.1, 0.15) is 5.00 Å². The van der Waals surface area contributed by atoms with Gasteiger partial charge in [-0.15, -0.1) is 22.7 Å². The summed E-state index contributed by atoms with van der Waals surface area (Å²) in [5, 5.41) is 7.35. The van der Waals surface area contributed by atoms with E-state index in [0.717, 1.165) is 36.1 Å². The van der Waals surface area contributed by atoms with Crippen molar-refractivity contribution < 1.29 is 28.7 Å². The molecule has 0 fully saturated rings. The Hall–Kier alpha value is -3.05. The van der Waals surface area contributed by atoms with Gasteiger partial charge in [-0.05, 0) is 42.7 Å². The van der Waals surface area contributed by atoms with Gasteiger partial charge in [-0.3, -0.25) is 24.0 Å². The van der Waals surface area contributed by atoms with Crippen molar-refractivity contribution in [3.8, 4) is 0 Å². The summed E-state index contributed by atoms with van der Waals surface area (Å²) >= 11 is 2.66. The molecule has 9 nitrogen and oxygen atoms in total. The summed E-state index contributed by atoms with van der Waals surface area (Å²) in [5.41, 5.74) is 6.75. The van der Waals surface area contributed by atoms with Crippen LogP contribution in [0.2, 0.25) is 0 Å². The van der Waals surface area contributed by atoms with E-state index >= 15 is 0 Å². The van der Waals surface area contributed by atoms with Gasteiger partial charge < -0.3 is 21.1 Å². The molecule has 0 aliphatic heterocycles. The highest BCUT2D eigenvalue weighted by atomic mass is 32.1. The molecule has 0 atom stereocenters. The topological polar surface area (TPSA) is 145 Å². The van der Waals surface area contributed by atoms with Crippen LogP contribution in [0.15, 0.2) is 17.5 Å². The molecule has 0 spiro atoms. The first-order valence-electron chi connectivity index (χ1n) is 10.6. The standard InChI is InChI=1S/C22H25N3O6S2/c23-21(30)20-13-4-1-2-5-15(13)33-22(20)25-18(28)12-31-19(29)9-10-24-17(27)8-7-14(26)16-6-3-11-32-16/h3,6,11H,1-2,4-5,7-10,12H2,(H2,23,30)(H,24,27)(H,25,28). The van der Waals surface area contributed by atoms with Gasteiger partial charge in [-0.2, -0.15) is 0 Å². The minimum absolute atomic E-state index is 0.0289. The number of ether oxygens (including phenoxy) is 1. The molecule has 3 amide bonds. The van der Waals surface area contributed by atoms with E-state index in [1.165, 1.54) is 22.7 Å². The van der Waals surface area contributed by atoms with Crippen molar-refractivity contribution in [2.75, 3.05) is 18.5 Å². The minimum atomic E-state index is -0.652. The van der Waals surface area contributed by atoms with Gasteiger partial charge in [0.15, 0.2) is 12.4 Å². The predicted molar refractivity (Wildman–Crippen MR) is 125 cm³/mol. The Morgan fingerprint density at radius 2 is 1.82 bits per heavy atom. The SMILES string of the molecule is NC(=O)c1c(NC(=O)COC(=O)CCNC(=O)CCC(=O)c2cccs2)sc2c1CCCC2. The largest absolute Gasteiger partial charge is 0.456 e. The minimum Gasteiger partial charge on any atom is -0.456 e. The smallest absolute Gasteiger partial charge is 0.308 e. The van der Waals surface area contributed by atoms with E-state index in [0.29, 0.717) is 15.4 Å². The quantitative estimate of drug-likeness (QED) is 0.325. The first-order valence-corrected chi connectivity index (χ1v) is 12.3. The summed E-state index contributed by atoms with van der Waals surface area (Å²) in [5.74, 6) is -2.25. The van der Waals surface area contributed by atoms with Crippen molar-refractivity contribution in [3.05, 3.63) is 38.4 Å². The number of aryl methyl sites for hydroxylation is 1. The Morgan fingerprint density at radius 3 is 2.55 bits per heavy atom. The molecule has 3 rings (SSSR count). The number of nitrogens with two attached hydrogens (primary N) is 1. The summed E-state index contributed by atoms with van der Waals surface area (Å²) in [6.07, 6.45) is 3.60. The molecule has 2 aromatic rings. The molecule has 0 saturated carbocycles. The van der Waals surface area contributed by atoms with E-state index in [2.05, 4.69) is 10.6 Å². The fourth-order valence-corrected chi connectivity index (χ4v) is 5.48. The lowest BCUT2D eigenvalue weighted by Gasteiger charge is -2.11. The highest BCUT2D eigenvalue weighted by molar-refractivity contribution is 7.17. The molecule has 0 aromatic carbocycles. The van der Waals surface area contributed by atoms with Crippen LogP contribution in [0, 0.1) is 0 Å². The molecule has 0 saturated heterocycles. The van der Waals surface area contributed by atoms with E-state index in [9.17, 15) is 24.0 Å². The maximum Gasteiger partial charge on any atom is 0.308 e. The van der Waals surface area contributed by atoms with Crippen molar-refractivity contribution in [3.63, 3.8) is 0 Å². The van der Waals surface area contributed by atoms with Crippen LogP contribution in [0.4, 0.5) is 5.00 Å². The number of nitrogens with one attached hydrogen (secondary N) is 2. The lowest BCUT2D eigenvalue weighted by atomic mass is 9.95. The summed E-state index contributed by atoms with van der Waals surface area (Å²) in [6.45, 7) is -0.473. The number of hydrogen-bond acceptors (Lipinski definition) is 8. The normalized spacial score (nSPS) is 12.5. The van der Waals surface area contributed by atoms with Crippen LogP contribution in [0.3, 0.4) is 0 Å². The van der Waals surface area contributed by atoms with Gasteiger partial charge in [-0.25, -0.2) is 0 Å². The van der Waals surface area contributed by atoms with E-state index in [1.807, 2.05) is 0 Å². The van der Waals surface area contributed by atoms with Crippen molar-refractivity contribution in [2.24, 2.45) is 5.73 Å². The van der Waals surface area contributed by atoms with Gasteiger partial charge in [0.2, 0.25) is 5.91 Å². The molecule has 11 heteroatoms.